The Morgan fingerprint density at radius 3 is 2.39 bits per heavy atom. The lowest BCUT2D eigenvalue weighted by atomic mass is 10.1. The first-order chi connectivity index (χ1) is 15.0. The Bertz CT molecular complexity index is 1290. The van der Waals surface area contributed by atoms with Gasteiger partial charge in [-0.1, -0.05) is 36.4 Å². The monoisotopic (exact) mass is 414 g/mol. The molecular weight excluding hydrogens is 396 g/mol. The minimum absolute atomic E-state index is 0.198. The molecule has 0 saturated heterocycles. The summed E-state index contributed by atoms with van der Waals surface area (Å²) in [7, 11) is 1.51. The number of furan rings is 1. The van der Waals surface area contributed by atoms with Gasteiger partial charge < -0.3 is 14.3 Å². The molecule has 0 unspecified atom stereocenters. The molecule has 0 spiro atoms. The molecule has 7 nitrogen and oxygen atoms in total. The number of hydrogen-bond donors (Lipinski definition) is 2. The van der Waals surface area contributed by atoms with E-state index in [1.54, 1.807) is 30.3 Å². The summed E-state index contributed by atoms with van der Waals surface area (Å²) in [5.74, 6) is 0.0491. The van der Waals surface area contributed by atoms with Gasteiger partial charge in [0.05, 0.1) is 24.5 Å². The van der Waals surface area contributed by atoms with Crippen molar-refractivity contribution in [3.05, 3.63) is 89.7 Å². The van der Waals surface area contributed by atoms with Gasteiger partial charge in [-0.05, 0) is 47.2 Å². The van der Waals surface area contributed by atoms with E-state index in [4.69, 9.17) is 14.3 Å². The van der Waals surface area contributed by atoms with Crippen molar-refractivity contribution in [2.75, 3.05) is 7.11 Å². The van der Waals surface area contributed by atoms with E-state index < -0.39 is 11.9 Å². The maximum atomic E-state index is 12.6. The lowest BCUT2D eigenvalue weighted by Crippen LogP contribution is -2.18. The maximum absolute atomic E-state index is 12.6. The Morgan fingerprint density at radius 2 is 1.71 bits per heavy atom. The number of nitrogens with one attached hydrogen (secondary N) is 1. The Labute approximate surface area is 177 Å². The summed E-state index contributed by atoms with van der Waals surface area (Å²) >= 11 is 0. The number of benzene rings is 3. The number of carbonyl (C=O) groups excluding carboxylic acids is 1. The number of hydrogen-bond acceptors (Lipinski definition) is 5. The zero-order valence-corrected chi connectivity index (χ0v) is 16.5. The number of amides is 1. The van der Waals surface area contributed by atoms with Crippen molar-refractivity contribution in [2.45, 2.75) is 0 Å². The molecular formula is C24H18N2O5. The molecule has 0 radical (unpaired) electrons. The van der Waals surface area contributed by atoms with Gasteiger partial charge in [0.2, 0.25) is 0 Å². The van der Waals surface area contributed by atoms with Gasteiger partial charge in [-0.25, -0.2) is 10.2 Å². The first-order valence-electron chi connectivity index (χ1n) is 9.39. The van der Waals surface area contributed by atoms with E-state index in [0.717, 1.165) is 16.3 Å². The summed E-state index contributed by atoms with van der Waals surface area (Å²) in [5, 5.41) is 14.8. The second kappa shape index (κ2) is 8.54. The lowest BCUT2D eigenvalue weighted by molar-refractivity contribution is 0.0696. The van der Waals surface area contributed by atoms with Crippen LogP contribution in [-0.2, 0) is 0 Å². The maximum Gasteiger partial charge on any atom is 0.335 e. The van der Waals surface area contributed by atoms with Crippen molar-refractivity contribution in [1.29, 1.82) is 0 Å². The van der Waals surface area contributed by atoms with Crippen molar-refractivity contribution in [3.8, 4) is 17.1 Å². The zero-order chi connectivity index (χ0) is 21.8. The van der Waals surface area contributed by atoms with Crippen LogP contribution in [0.4, 0.5) is 0 Å². The number of hydrazone groups is 1. The van der Waals surface area contributed by atoms with Crippen LogP contribution >= 0.6 is 0 Å². The predicted molar refractivity (Wildman–Crippen MR) is 117 cm³/mol. The number of fused-ring (bicyclic) bond motifs is 1. The molecule has 0 fully saturated rings. The number of carbonyl (C=O) groups is 2. The van der Waals surface area contributed by atoms with Gasteiger partial charge >= 0.3 is 5.97 Å². The molecule has 4 rings (SSSR count). The molecule has 0 atom stereocenters. The molecule has 154 valence electrons. The smallest absolute Gasteiger partial charge is 0.335 e. The Balaban J connectivity index is 1.47. The molecule has 0 aliphatic rings. The summed E-state index contributed by atoms with van der Waals surface area (Å²) in [4.78, 5) is 23.5. The fourth-order valence-corrected chi connectivity index (χ4v) is 3.13. The van der Waals surface area contributed by atoms with Crippen molar-refractivity contribution in [2.24, 2.45) is 5.10 Å². The normalized spacial score (nSPS) is 11.0. The average molecular weight is 414 g/mol. The molecule has 1 aromatic heterocycles. The van der Waals surface area contributed by atoms with Crippen LogP contribution in [-0.4, -0.2) is 30.3 Å². The average Bonchev–Trinajstić information content (AvgIpc) is 3.27. The van der Waals surface area contributed by atoms with E-state index in [-0.39, 0.29) is 5.56 Å². The third-order valence-corrected chi connectivity index (χ3v) is 4.71. The minimum atomic E-state index is -0.988. The summed E-state index contributed by atoms with van der Waals surface area (Å²) in [6.45, 7) is 0. The largest absolute Gasteiger partial charge is 0.496 e. The molecule has 2 N–H and O–H groups in total. The fourth-order valence-electron chi connectivity index (χ4n) is 3.13. The standard InChI is InChI=1S/C24H18N2O5/c1-30-22-13-18-5-3-2-4-17(18)12-20(22)23(27)26-25-14-19-10-11-21(31-19)15-6-8-16(9-7-15)24(28)29/h2-14H,1H3,(H,26,27)(H,28,29). The van der Waals surface area contributed by atoms with Gasteiger partial charge in [0.15, 0.2) is 0 Å². The molecule has 3 aromatic carbocycles. The number of aromatic carboxylic acids is 1. The number of methoxy groups -OCH3 is 1. The Morgan fingerprint density at radius 1 is 1.00 bits per heavy atom. The topological polar surface area (TPSA) is 101 Å². The molecule has 7 heteroatoms. The van der Waals surface area contributed by atoms with E-state index in [0.29, 0.717) is 22.8 Å². The van der Waals surface area contributed by atoms with Crippen LogP contribution in [0.15, 0.2) is 82.3 Å². The highest BCUT2D eigenvalue weighted by molar-refractivity contribution is 6.01. The summed E-state index contributed by atoms with van der Waals surface area (Å²) in [5.41, 5.74) is 3.78. The molecule has 0 aliphatic carbocycles. The molecule has 0 saturated carbocycles. The summed E-state index contributed by atoms with van der Waals surface area (Å²) in [6, 6.07) is 21.0. The predicted octanol–water partition coefficient (Wildman–Crippen LogP) is 4.57. The van der Waals surface area contributed by atoms with Crippen LogP contribution in [0.25, 0.3) is 22.1 Å². The SMILES string of the molecule is COc1cc2ccccc2cc1C(=O)NN=Cc1ccc(-c2ccc(C(=O)O)cc2)o1. The molecule has 0 bridgehead atoms. The molecule has 31 heavy (non-hydrogen) atoms. The van der Waals surface area contributed by atoms with E-state index >= 15 is 0 Å². The number of ether oxygens (including phenoxy) is 1. The minimum Gasteiger partial charge on any atom is -0.496 e. The zero-order valence-electron chi connectivity index (χ0n) is 16.5. The first-order valence-corrected chi connectivity index (χ1v) is 9.39. The third kappa shape index (κ3) is 4.30. The summed E-state index contributed by atoms with van der Waals surface area (Å²) < 4.78 is 11.0. The van der Waals surface area contributed by atoms with E-state index in [9.17, 15) is 9.59 Å². The van der Waals surface area contributed by atoms with Gasteiger partial charge in [0.1, 0.15) is 17.3 Å². The Hall–Kier alpha value is -4.39. The number of carboxylic acid groups (broad SMARTS) is 1. The second-order valence-electron chi connectivity index (χ2n) is 6.68. The molecule has 4 aromatic rings. The van der Waals surface area contributed by atoms with Gasteiger partial charge in [0, 0.05) is 5.56 Å². The van der Waals surface area contributed by atoms with Crippen LogP contribution in [0.1, 0.15) is 26.5 Å². The van der Waals surface area contributed by atoms with Crippen molar-refractivity contribution in [3.63, 3.8) is 0 Å². The van der Waals surface area contributed by atoms with E-state index in [2.05, 4.69) is 10.5 Å². The van der Waals surface area contributed by atoms with Crippen LogP contribution in [0, 0.1) is 0 Å². The highest BCUT2D eigenvalue weighted by Crippen LogP contribution is 2.26. The number of nitrogens with zero attached hydrogens (tertiary/aromatic N) is 1. The quantitative estimate of drug-likeness (QED) is 0.355. The summed E-state index contributed by atoms with van der Waals surface area (Å²) in [6.07, 6.45) is 1.39. The molecule has 1 heterocycles. The van der Waals surface area contributed by atoms with Crippen molar-refractivity contribution in [1.82, 2.24) is 5.43 Å². The van der Waals surface area contributed by atoms with Crippen molar-refractivity contribution >= 4 is 28.9 Å². The first kappa shape index (κ1) is 19.9. The third-order valence-electron chi connectivity index (χ3n) is 4.71. The Kier molecular flexibility index (Phi) is 5.49. The van der Waals surface area contributed by atoms with Gasteiger partial charge in [-0.2, -0.15) is 5.10 Å². The highest BCUT2D eigenvalue weighted by atomic mass is 16.5. The van der Waals surface area contributed by atoms with Crippen molar-refractivity contribution < 1.29 is 23.8 Å². The second-order valence-corrected chi connectivity index (χ2v) is 6.68. The molecule has 0 aliphatic heterocycles. The van der Waals surface area contributed by atoms with E-state index in [1.807, 2.05) is 30.3 Å². The van der Waals surface area contributed by atoms with Crippen LogP contribution in [0.3, 0.4) is 0 Å². The highest BCUT2D eigenvalue weighted by Gasteiger charge is 2.13. The van der Waals surface area contributed by atoms with Crippen LogP contribution in [0.2, 0.25) is 0 Å². The molecule has 1 amide bonds. The number of rotatable bonds is 6. The van der Waals surface area contributed by atoms with Crippen LogP contribution < -0.4 is 10.2 Å². The van der Waals surface area contributed by atoms with Gasteiger partial charge in [-0.3, -0.25) is 4.79 Å². The van der Waals surface area contributed by atoms with Crippen LogP contribution in [0.5, 0.6) is 5.75 Å². The number of carboxylic acids is 1. The van der Waals surface area contributed by atoms with Gasteiger partial charge in [0.25, 0.3) is 5.91 Å². The fraction of sp³-hybridized carbons (Fsp3) is 0.0417. The lowest BCUT2D eigenvalue weighted by Gasteiger charge is -2.09. The van der Waals surface area contributed by atoms with Gasteiger partial charge in [-0.15, -0.1) is 0 Å². The van der Waals surface area contributed by atoms with E-state index in [1.165, 1.54) is 25.5 Å².